The summed E-state index contributed by atoms with van der Waals surface area (Å²) in [5, 5.41) is 3.11. The standard InChI is InChI=1S/C17H28N2O/c1-16(2,3)12-7-8-13-14(11-12)19(17(4,5)6)10-9-15(20)18-13/h11H,7-10H2,1-6H3,(H,18,20). The molecule has 0 unspecified atom stereocenters. The van der Waals surface area contributed by atoms with Gasteiger partial charge in [-0.15, -0.1) is 0 Å². The molecule has 1 aliphatic heterocycles. The van der Waals surface area contributed by atoms with Crippen LogP contribution in [0.2, 0.25) is 0 Å². The highest BCUT2D eigenvalue weighted by Crippen LogP contribution is 2.38. The molecule has 0 fully saturated rings. The van der Waals surface area contributed by atoms with Gasteiger partial charge in [0, 0.05) is 24.2 Å². The maximum absolute atomic E-state index is 11.9. The number of rotatable bonds is 0. The van der Waals surface area contributed by atoms with E-state index in [1.165, 1.54) is 11.3 Å². The lowest BCUT2D eigenvalue weighted by Gasteiger charge is -2.40. The number of hydrogen-bond donors (Lipinski definition) is 1. The van der Waals surface area contributed by atoms with Crippen molar-refractivity contribution in [2.24, 2.45) is 5.41 Å². The van der Waals surface area contributed by atoms with E-state index in [1.807, 2.05) is 0 Å². The van der Waals surface area contributed by atoms with Crippen molar-refractivity contribution in [2.45, 2.75) is 66.3 Å². The van der Waals surface area contributed by atoms with Crippen LogP contribution in [0.4, 0.5) is 0 Å². The molecule has 0 aromatic carbocycles. The van der Waals surface area contributed by atoms with Crippen molar-refractivity contribution in [3.8, 4) is 0 Å². The number of carbonyl (C=O) groups excluding carboxylic acids is 1. The van der Waals surface area contributed by atoms with Crippen molar-refractivity contribution in [2.75, 3.05) is 6.54 Å². The fraction of sp³-hybridized carbons (Fsp3) is 0.706. The Morgan fingerprint density at radius 3 is 2.25 bits per heavy atom. The van der Waals surface area contributed by atoms with Gasteiger partial charge in [0.25, 0.3) is 0 Å². The summed E-state index contributed by atoms with van der Waals surface area (Å²) in [5.74, 6) is 0.150. The van der Waals surface area contributed by atoms with Gasteiger partial charge in [0.2, 0.25) is 5.91 Å². The van der Waals surface area contributed by atoms with Crippen molar-refractivity contribution in [3.05, 3.63) is 23.0 Å². The van der Waals surface area contributed by atoms with E-state index in [9.17, 15) is 4.79 Å². The van der Waals surface area contributed by atoms with Crippen LogP contribution in [0.5, 0.6) is 0 Å². The summed E-state index contributed by atoms with van der Waals surface area (Å²) in [5.41, 5.74) is 4.03. The van der Waals surface area contributed by atoms with E-state index >= 15 is 0 Å². The van der Waals surface area contributed by atoms with E-state index < -0.39 is 0 Å². The predicted molar refractivity (Wildman–Crippen MR) is 83.0 cm³/mol. The monoisotopic (exact) mass is 276 g/mol. The summed E-state index contributed by atoms with van der Waals surface area (Å²) in [4.78, 5) is 14.3. The second-order valence-corrected chi connectivity index (χ2v) is 7.90. The van der Waals surface area contributed by atoms with E-state index in [0.29, 0.717) is 6.42 Å². The van der Waals surface area contributed by atoms with Crippen LogP contribution < -0.4 is 5.32 Å². The molecule has 0 aromatic heterocycles. The molecule has 0 spiro atoms. The lowest BCUT2D eigenvalue weighted by Crippen LogP contribution is -2.41. The van der Waals surface area contributed by atoms with Gasteiger partial charge in [-0.2, -0.15) is 0 Å². The zero-order chi connectivity index (χ0) is 15.1. The number of carbonyl (C=O) groups is 1. The van der Waals surface area contributed by atoms with Gasteiger partial charge in [-0.3, -0.25) is 4.79 Å². The lowest BCUT2D eigenvalue weighted by atomic mass is 9.80. The quantitative estimate of drug-likeness (QED) is 0.733. The Hall–Kier alpha value is -1.25. The fourth-order valence-corrected chi connectivity index (χ4v) is 2.93. The third kappa shape index (κ3) is 3.08. The largest absolute Gasteiger partial charge is 0.365 e. The van der Waals surface area contributed by atoms with Crippen LogP contribution in [0.3, 0.4) is 0 Å². The van der Waals surface area contributed by atoms with Crippen LogP contribution in [0.15, 0.2) is 23.0 Å². The van der Waals surface area contributed by atoms with E-state index in [-0.39, 0.29) is 16.9 Å². The Morgan fingerprint density at radius 2 is 1.70 bits per heavy atom. The zero-order valence-electron chi connectivity index (χ0n) is 13.8. The molecule has 3 nitrogen and oxygen atoms in total. The Morgan fingerprint density at radius 1 is 1.05 bits per heavy atom. The molecule has 1 amide bonds. The minimum Gasteiger partial charge on any atom is -0.365 e. The minimum absolute atomic E-state index is 0.0315. The van der Waals surface area contributed by atoms with Crippen molar-refractivity contribution in [3.63, 3.8) is 0 Å². The average molecular weight is 276 g/mol. The molecule has 2 aliphatic rings. The van der Waals surface area contributed by atoms with Gasteiger partial charge in [-0.1, -0.05) is 26.3 Å². The van der Waals surface area contributed by atoms with Crippen molar-refractivity contribution in [1.29, 1.82) is 0 Å². The summed E-state index contributed by atoms with van der Waals surface area (Å²) in [6.07, 6.45) is 4.87. The topological polar surface area (TPSA) is 32.3 Å². The molecule has 0 saturated carbocycles. The number of hydrogen-bond acceptors (Lipinski definition) is 2. The molecule has 1 heterocycles. The molecular formula is C17H28N2O. The fourth-order valence-electron chi connectivity index (χ4n) is 2.93. The highest BCUT2D eigenvalue weighted by molar-refractivity contribution is 5.79. The van der Waals surface area contributed by atoms with E-state index in [4.69, 9.17) is 0 Å². The van der Waals surface area contributed by atoms with Crippen molar-refractivity contribution in [1.82, 2.24) is 10.2 Å². The molecule has 0 atom stereocenters. The van der Waals surface area contributed by atoms with Crippen LogP contribution in [0.1, 0.15) is 60.8 Å². The highest BCUT2D eigenvalue weighted by atomic mass is 16.1. The maximum Gasteiger partial charge on any atom is 0.225 e. The lowest BCUT2D eigenvalue weighted by molar-refractivity contribution is -0.120. The van der Waals surface area contributed by atoms with Gasteiger partial charge in [-0.25, -0.2) is 0 Å². The molecule has 112 valence electrons. The molecule has 0 radical (unpaired) electrons. The number of amides is 1. The Bertz CT molecular complexity index is 472. The minimum atomic E-state index is 0.0315. The summed E-state index contributed by atoms with van der Waals surface area (Å²) < 4.78 is 0. The first-order valence-electron chi connectivity index (χ1n) is 7.61. The first-order valence-corrected chi connectivity index (χ1v) is 7.61. The first kappa shape index (κ1) is 15.1. The van der Waals surface area contributed by atoms with Gasteiger partial charge in [0.15, 0.2) is 0 Å². The third-order valence-electron chi connectivity index (χ3n) is 4.18. The Kier molecular flexibility index (Phi) is 3.74. The molecule has 2 rings (SSSR count). The van der Waals surface area contributed by atoms with Crippen LogP contribution in [0.25, 0.3) is 0 Å². The van der Waals surface area contributed by atoms with E-state index in [1.54, 1.807) is 0 Å². The Balaban J connectivity index is 2.47. The predicted octanol–water partition coefficient (Wildman–Crippen LogP) is 3.58. The van der Waals surface area contributed by atoms with Crippen LogP contribution in [-0.4, -0.2) is 22.9 Å². The zero-order valence-corrected chi connectivity index (χ0v) is 13.8. The smallest absolute Gasteiger partial charge is 0.225 e. The van der Waals surface area contributed by atoms with Crippen molar-refractivity contribution >= 4 is 5.91 Å². The first-order chi connectivity index (χ1) is 9.09. The molecule has 1 aliphatic carbocycles. The Labute approximate surface area is 123 Å². The van der Waals surface area contributed by atoms with Crippen LogP contribution in [0, 0.1) is 5.41 Å². The van der Waals surface area contributed by atoms with Crippen molar-refractivity contribution < 1.29 is 4.79 Å². The maximum atomic E-state index is 11.9. The van der Waals surface area contributed by atoms with E-state index in [0.717, 1.165) is 25.1 Å². The average Bonchev–Trinajstić information content (AvgIpc) is 2.44. The highest BCUT2D eigenvalue weighted by Gasteiger charge is 2.32. The summed E-state index contributed by atoms with van der Waals surface area (Å²) in [6.45, 7) is 14.2. The van der Waals surface area contributed by atoms with Gasteiger partial charge >= 0.3 is 0 Å². The molecular weight excluding hydrogens is 248 g/mol. The SMILES string of the molecule is CC(C)(C)C1=CC2=C(CC1)NC(=O)CCN2C(C)(C)C. The number of allylic oxidation sites excluding steroid dienone is 3. The molecule has 1 N–H and O–H groups in total. The summed E-state index contributed by atoms with van der Waals surface area (Å²) in [7, 11) is 0. The number of nitrogens with zero attached hydrogens (tertiary/aromatic N) is 1. The third-order valence-corrected chi connectivity index (χ3v) is 4.18. The molecule has 0 bridgehead atoms. The number of nitrogens with one attached hydrogen (secondary N) is 1. The van der Waals surface area contributed by atoms with Gasteiger partial charge < -0.3 is 10.2 Å². The molecule has 0 saturated heterocycles. The van der Waals surface area contributed by atoms with Gasteiger partial charge in [-0.05, 0) is 45.1 Å². The van der Waals surface area contributed by atoms with E-state index in [2.05, 4.69) is 57.8 Å². The van der Waals surface area contributed by atoms with Gasteiger partial charge in [0.1, 0.15) is 0 Å². The van der Waals surface area contributed by atoms with Crippen LogP contribution >= 0.6 is 0 Å². The molecule has 3 heteroatoms. The molecule has 20 heavy (non-hydrogen) atoms. The summed E-state index contributed by atoms with van der Waals surface area (Å²) in [6, 6.07) is 0. The molecule has 0 aromatic rings. The second kappa shape index (κ2) is 4.94. The summed E-state index contributed by atoms with van der Waals surface area (Å²) >= 11 is 0. The second-order valence-electron chi connectivity index (χ2n) is 7.90. The van der Waals surface area contributed by atoms with Crippen LogP contribution in [-0.2, 0) is 4.79 Å². The normalized spacial score (nSPS) is 21.2. The van der Waals surface area contributed by atoms with Gasteiger partial charge in [0.05, 0.1) is 5.70 Å².